The van der Waals surface area contributed by atoms with E-state index in [0.29, 0.717) is 5.88 Å². The van der Waals surface area contributed by atoms with Gasteiger partial charge in [0.05, 0.1) is 0 Å². The number of hydrogen-bond donors (Lipinski definition) is 1. The Balaban J connectivity index is 0.00000112. The molecule has 84 valence electrons. The van der Waals surface area contributed by atoms with Crippen molar-refractivity contribution in [2.75, 3.05) is 13.1 Å². The lowest BCUT2D eigenvalue weighted by Gasteiger charge is -2.23. The summed E-state index contributed by atoms with van der Waals surface area (Å²) >= 11 is 3.32. The molecule has 1 saturated heterocycles. The maximum atomic E-state index is 5.73. The van der Waals surface area contributed by atoms with Crippen molar-refractivity contribution in [2.45, 2.75) is 18.9 Å². The van der Waals surface area contributed by atoms with Gasteiger partial charge in [0.15, 0.2) is 0 Å². The van der Waals surface area contributed by atoms with Gasteiger partial charge in [0.1, 0.15) is 10.7 Å². The van der Waals surface area contributed by atoms with Crippen LogP contribution in [0.15, 0.2) is 22.8 Å². The summed E-state index contributed by atoms with van der Waals surface area (Å²) < 4.78 is 6.55. The molecule has 0 bridgehead atoms. The van der Waals surface area contributed by atoms with Crippen LogP contribution in [0.1, 0.15) is 12.8 Å². The van der Waals surface area contributed by atoms with E-state index in [4.69, 9.17) is 4.74 Å². The maximum Gasteiger partial charge on any atom is 0.214 e. The minimum absolute atomic E-state index is 0. The molecule has 1 N–H and O–H groups in total. The Morgan fingerprint density at radius 2 is 2.33 bits per heavy atom. The molecule has 1 aliphatic rings. The molecule has 1 aliphatic heterocycles. The fraction of sp³-hybridized carbons (Fsp3) is 0.500. The van der Waals surface area contributed by atoms with Gasteiger partial charge in [-0.25, -0.2) is 4.98 Å². The summed E-state index contributed by atoms with van der Waals surface area (Å²) in [6.45, 7) is 2.03. The molecule has 15 heavy (non-hydrogen) atoms. The SMILES string of the molecule is Brc1cccc(O[C@H]2CCCNC2)n1.Cl. The van der Waals surface area contributed by atoms with Crippen molar-refractivity contribution in [3.05, 3.63) is 22.8 Å². The van der Waals surface area contributed by atoms with Crippen LogP contribution in [-0.4, -0.2) is 24.2 Å². The zero-order chi connectivity index (χ0) is 9.80. The predicted octanol–water partition coefficient (Wildman–Crippen LogP) is 2.40. The smallest absolute Gasteiger partial charge is 0.214 e. The van der Waals surface area contributed by atoms with E-state index in [1.54, 1.807) is 0 Å². The van der Waals surface area contributed by atoms with E-state index in [0.717, 1.165) is 24.1 Å². The fourth-order valence-corrected chi connectivity index (χ4v) is 1.87. The average Bonchev–Trinajstić information content (AvgIpc) is 2.19. The Kier molecular flexibility index (Phi) is 5.36. The minimum Gasteiger partial charge on any atom is -0.473 e. The van der Waals surface area contributed by atoms with E-state index >= 15 is 0 Å². The first-order chi connectivity index (χ1) is 6.84. The van der Waals surface area contributed by atoms with Crippen molar-refractivity contribution in [2.24, 2.45) is 0 Å². The number of nitrogens with one attached hydrogen (secondary N) is 1. The summed E-state index contributed by atoms with van der Waals surface area (Å²) in [5.41, 5.74) is 0. The topological polar surface area (TPSA) is 34.1 Å². The van der Waals surface area contributed by atoms with Crippen molar-refractivity contribution < 1.29 is 4.74 Å². The lowest BCUT2D eigenvalue weighted by atomic mass is 10.1. The number of piperidine rings is 1. The molecule has 0 aromatic carbocycles. The zero-order valence-corrected chi connectivity index (χ0v) is 10.7. The summed E-state index contributed by atoms with van der Waals surface area (Å²) in [4.78, 5) is 4.23. The lowest BCUT2D eigenvalue weighted by Crippen LogP contribution is -2.37. The first-order valence-electron chi connectivity index (χ1n) is 4.84. The number of hydrogen-bond acceptors (Lipinski definition) is 3. The molecular weight excluding hydrogens is 279 g/mol. The number of pyridine rings is 1. The lowest BCUT2D eigenvalue weighted by molar-refractivity contribution is 0.160. The second kappa shape index (κ2) is 6.30. The molecule has 2 heterocycles. The van der Waals surface area contributed by atoms with Gasteiger partial charge in [-0.2, -0.15) is 0 Å². The maximum absolute atomic E-state index is 5.73. The van der Waals surface area contributed by atoms with Crippen molar-refractivity contribution in [3.8, 4) is 5.88 Å². The molecule has 0 spiro atoms. The number of ether oxygens (including phenoxy) is 1. The van der Waals surface area contributed by atoms with Gasteiger partial charge in [0.2, 0.25) is 5.88 Å². The first kappa shape index (κ1) is 12.7. The van der Waals surface area contributed by atoms with Crippen LogP contribution in [0.25, 0.3) is 0 Å². The van der Waals surface area contributed by atoms with Crippen LogP contribution < -0.4 is 10.1 Å². The second-order valence-electron chi connectivity index (χ2n) is 3.38. The van der Waals surface area contributed by atoms with Crippen molar-refractivity contribution in [1.29, 1.82) is 0 Å². The Labute approximate surface area is 104 Å². The van der Waals surface area contributed by atoms with Crippen LogP contribution in [0.3, 0.4) is 0 Å². The summed E-state index contributed by atoms with van der Waals surface area (Å²) in [7, 11) is 0. The third-order valence-corrected chi connectivity index (χ3v) is 2.67. The molecule has 1 aromatic heterocycles. The van der Waals surface area contributed by atoms with Crippen molar-refractivity contribution >= 4 is 28.3 Å². The number of rotatable bonds is 2. The highest BCUT2D eigenvalue weighted by Crippen LogP contribution is 2.15. The molecule has 0 unspecified atom stereocenters. The number of halogens is 2. The van der Waals surface area contributed by atoms with Crippen LogP contribution in [0.2, 0.25) is 0 Å². The first-order valence-corrected chi connectivity index (χ1v) is 5.64. The monoisotopic (exact) mass is 292 g/mol. The van der Waals surface area contributed by atoms with E-state index in [1.807, 2.05) is 18.2 Å². The minimum atomic E-state index is 0. The van der Waals surface area contributed by atoms with Gasteiger partial charge in [-0.05, 0) is 41.4 Å². The van der Waals surface area contributed by atoms with Crippen LogP contribution in [0.5, 0.6) is 5.88 Å². The highest BCUT2D eigenvalue weighted by molar-refractivity contribution is 9.10. The average molecular weight is 294 g/mol. The van der Waals surface area contributed by atoms with E-state index in [-0.39, 0.29) is 18.5 Å². The zero-order valence-electron chi connectivity index (χ0n) is 8.28. The highest BCUT2D eigenvalue weighted by atomic mass is 79.9. The fourth-order valence-electron chi connectivity index (χ4n) is 1.55. The quantitative estimate of drug-likeness (QED) is 0.850. The Morgan fingerprint density at radius 1 is 1.47 bits per heavy atom. The molecule has 2 rings (SSSR count). The van der Waals surface area contributed by atoms with Gasteiger partial charge in [-0.3, -0.25) is 0 Å². The number of aromatic nitrogens is 1. The predicted molar refractivity (Wildman–Crippen MR) is 65.7 cm³/mol. The molecule has 1 fully saturated rings. The summed E-state index contributed by atoms with van der Waals surface area (Å²) in [6.07, 6.45) is 2.56. The van der Waals surface area contributed by atoms with Gasteiger partial charge in [-0.1, -0.05) is 6.07 Å². The van der Waals surface area contributed by atoms with Gasteiger partial charge in [0, 0.05) is 12.6 Å². The molecule has 0 aliphatic carbocycles. The van der Waals surface area contributed by atoms with Gasteiger partial charge >= 0.3 is 0 Å². The van der Waals surface area contributed by atoms with Crippen LogP contribution in [0.4, 0.5) is 0 Å². The Bertz CT molecular complexity index is 305. The molecule has 5 heteroatoms. The largest absolute Gasteiger partial charge is 0.473 e. The molecular formula is C10H14BrClN2O. The van der Waals surface area contributed by atoms with Crippen LogP contribution in [-0.2, 0) is 0 Å². The highest BCUT2D eigenvalue weighted by Gasteiger charge is 2.14. The molecule has 3 nitrogen and oxygen atoms in total. The third-order valence-electron chi connectivity index (χ3n) is 2.23. The third kappa shape index (κ3) is 3.97. The van der Waals surface area contributed by atoms with E-state index in [1.165, 1.54) is 6.42 Å². The molecule has 1 aromatic rings. The summed E-state index contributed by atoms with van der Waals surface area (Å²) in [6, 6.07) is 5.72. The Morgan fingerprint density at radius 3 is 3.00 bits per heavy atom. The van der Waals surface area contributed by atoms with Crippen LogP contribution in [0, 0.1) is 0 Å². The van der Waals surface area contributed by atoms with E-state index < -0.39 is 0 Å². The second-order valence-corrected chi connectivity index (χ2v) is 4.20. The van der Waals surface area contributed by atoms with E-state index in [2.05, 4.69) is 26.2 Å². The molecule has 1 atom stereocenters. The normalized spacial score (nSPS) is 20.5. The standard InChI is InChI=1S/C10H13BrN2O.ClH/c11-9-4-1-5-10(13-9)14-8-3-2-6-12-7-8;/h1,4-5,8,12H,2-3,6-7H2;1H/t8-;/m0./s1. The van der Waals surface area contributed by atoms with Crippen molar-refractivity contribution in [3.63, 3.8) is 0 Å². The van der Waals surface area contributed by atoms with Crippen LogP contribution >= 0.6 is 28.3 Å². The number of nitrogens with zero attached hydrogens (tertiary/aromatic N) is 1. The molecule has 0 amide bonds. The summed E-state index contributed by atoms with van der Waals surface area (Å²) in [5.74, 6) is 0.702. The van der Waals surface area contributed by atoms with Gasteiger partial charge in [0.25, 0.3) is 0 Å². The molecule has 0 radical (unpaired) electrons. The van der Waals surface area contributed by atoms with Gasteiger partial charge in [-0.15, -0.1) is 12.4 Å². The van der Waals surface area contributed by atoms with E-state index in [9.17, 15) is 0 Å². The Hall–Kier alpha value is -0.320. The summed E-state index contributed by atoms with van der Waals surface area (Å²) in [5, 5.41) is 3.31. The van der Waals surface area contributed by atoms with Gasteiger partial charge < -0.3 is 10.1 Å². The molecule has 0 saturated carbocycles. The van der Waals surface area contributed by atoms with Crippen molar-refractivity contribution in [1.82, 2.24) is 10.3 Å².